The first-order valence-electron chi connectivity index (χ1n) is 8.27. The highest BCUT2D eigenvalue weighted by Crippen LogP contribution is 2.21. The maximum Gasteiger partial charge on any atom is 0.140 e. The average molecular weight is 293 g/mol. The number of rotatable bonds is 4. The first-order valence-corrected chi connectivity index (χ1v) is 8.27. The summed E-state index contributed by atoms with van der Waals surface area (Å²) < 4.78 is 1.98. The van der Waals surface area contributed by atoms with Crippen LogP contribution in [0.3, 0.4) is 0 Å². The van der Waals surface area contributed by atoms with E-state index in [1.54, 1.807) is 6.33 Å². The summed E-state index contributed by atoms with van der Waals surface area (Å²) in [6.45, 7) is 8.16. The van der Waals surface area contributed by atoms with Crippen LogP contribution in [-0.2, 0) is 13.1 Å². The number of hydrogen-bond donors (Lipinski definition) is 1. The molecule has 0 aromatic carbocycles. The van der Waals surface area contributed by atoms with Crippen molar-refractivity contribution in [3.05, 3.63) is 12.2 Å². The quantitative estimate of drug-likeness (QED) is 0.886. The van der Waals surface area contributed by atoms with Crippen molar-refractivity contribution in [2.24, 2.45) is 0 Å². The summed E-state index contributed by atoms with van der Waals surface area (Å²) in [7, 11) is 0. The molecule has 6 heteroatoms. The highest BCUT2D eigenvalue weighted by Gasteiger charge is 2.28. The Morgan fingerprint density at radius 1 is 1.24 bits per heavy atom. The lowest BCUT2D eigenvalue weighted by atomic mass is 9.99. The number of likely N-dealkylation sites (tertiary alicyclic amines) is 2. The predicted octanol–water partition coefficient (Wildman–Crippen LogP) is 0.719. The molecule has 1 atom stereocenters. The molecule has 3 rings (SSSR count). The zero-order valence-electron chi connectivity index (χ0n) is 13.0. The van der Waals surface area contributed by atoms with Gasteiger partial charge < -0.3 is 5.11 Å². The van der Waals surface area contributed by atoms with Crippen LogP contribution in [0.25, 0.3) is 0 Å². The molecule has 3 heterocycles. The zero-order valence-corrected chi connectivity index (χ0v) is 13.0. The fourth-order valence-electron chi connectivity index (χ4n) is 3.63. The van der Waals surface area contributed by atoms with Gasteiger partial charge in [-0.3, -0.25) is 9.80 Å². The third-order valence-corrected chi connectivity index (χ3v) is 4.86. The van der Waals surface area contributed by atoms with Crippen molar-refractivity contribution >= 4 is 0 Å². The normalized spacial score (nSPS) is 26.3. The Labute approximate surface area is 126 Å². The Kier molecular flexibility index (Phi) is 4.87. The van der Waals surface area contributed by atoms with E-state index >= 15 is 0 Å². The number of nitrogens with zero attached hydrogens (tertiary/aromatic N) is 5. The van der Waals surface area contributed by atoms with Crippen LogP contribution in [0.4, 0.5) is 0 Å². The second kappa shape index (κ2) is 6.85. The molecule has 1 aromatic heterocycles. The molecule has 21 heavy (non-hydrogen) atoms. The average Bonchev–Trinajstić information content (AvgIpc) is 2.95. The van der Waals surface area contributed by atoms with E-state index in [9.17, 15) is 5.11 Å². The molecule has 2 aliphatic heterocycles. The van der Waals surface area contributed by atoms with Gasteiger partial charge in [-0.1, -0.05) is 0 Å². The van der Waals surface area contributed by atoms with Gasteiger partial charge in [0.05, 0.1) is 12.6 Å². The molecular formula is C15H27N5O. The SMILES string of the molecule is CCn1ncnc1CN1CCC(N2CCCC(O)C2)CC1. The largest absolute Gasteiger partial charge is 0.392 e. The molecule has 0 amide bonds. The number of piperidine rings is 2. The number of β-amino-alcohol motifs (C(OH)–C–C–N with tert-alkyl or cyclic N) is 1. The van der Waals surface area contributed by atoms with Crippen molar-refractivity contribution in [1.29, 1.82) is 0 Å². The maximum atomic E-state index is 9.82. The van der Waals surface area contributed by atoms with Crippen LogP contribution < -0.4 is 0 Å². The Morgan fingerprint density at radius 2 is 2.05 bits per heavy atom. The van der Waals surface area contributed by atoms with Crippen molar-refractivity contribution in [1.82, 2.24) is 24.6 Å². The lowest BCUT2D eigenvalue weighted by molar-refractivity contribution is 0.0239. The fraction of sp³-hybridized carbons (Fsp3) is 0.867. The summed E-state index contributed by atoms with van der Waals surface area (Å²) in [6.07, 6.45) is 6.06. The van der Waals surface area contributed by atoms with Gasteiger partial charge in [0.1, 0.15) is 12.2 Å². The van der Waals surface area contributed by atoms with E-state index in [2.05, 4.69) is 26.8 Å². The van der Waals surface area contributed by atoms with Crippen LogP contribution in [0.5, 0.6) is 0 Å². The van der Waals surface area contributed by atoms with Gasteiger partial charge in [-0.15, -0.1) is 0 Å². The molecule has 118 valence electrons. The third-order valence-electron chi connectivity index (χ3n) is 4.86. The third kappa shape index (κ3) is 3.62. The van der Waals surface area contributed by atoms with E-state index < -0.39 is 0 Å². The Hall–Kier alpha value is -0.980. The van der Waals surface area contributed by atoms with Crippen molar-refractivity contribution in [3.8, 4) is 0 Å². The molecule has 2 fully saturated rings. The van der Waals surface area contributed by atoms with Crippen molar-refractivity contribution in [2.45, 2.75) is 57.8 Å². The lowest BCUT2D eigenvalue weighted by Crippen LogP contribution is -2.49. The van der Waals surface area contributed by atoms with Crippen LogP contribution in [0.2, 0.25) is 0 Å². The summed E-state index contributed by atoms with van der Waals surface area (Å²) >= 11 is 0. The van der Waals surface area contributed by atoms with Crippen LogP contribution in [0, 0.1) is 0 Å². The predicted molar refractivity (Wildman–Crippen MR) is 80.8 cm³/mol. The van der Waals surface area contributed by atoms with Crippen LogP contribution in [-0.4, -0.2) is 68.0 Å². The summed E-state index contributed by atoms with van der Waals surface area (Å²) in [5.74, 6) is 1.07. The molecule has 6 nitrogen and oxygen atoms in total. The fourth-order valence-corrected chi connectivity index (χ4v) is 3.63. The van der Waals surface area contributed by atoms with Gasteiger partial charge in [-0.2, -0.15) is 5.10 Å². The van der Waals surface area contributed by atoms with Gasteiger partial charge in [0, 0.05) is 32.2 Å². The topological polar surface area (TPSA) is 57.4 Å². The van der Waals surface area contributed by atoms with E-state index in [-0.39, 0.29) is 6.10 Å². The minimum absolute atomic E-state index is 0.111. The Morgan fingerprint density at radius 3 is 2.76 bits per heavy atom. The van der Waals surface area contributed by atoms with Gasteiger partial charge in [0.25, 0.3) is 0 Å². The number of aryl methyl sites for hydroxylation is 1. The molecule has 0 bridgehead atoms. The van der Waals surface area contributed by atoms with Crippen molar-refractivity contribution in [2.75, 3.05) is 26.2 Å². The Bertz CT molecular complexity index is 441. The first kappa shape index (κ1) is 14.9. The number of aromatic nitrogens is 3. The molecule has 0 radical (unpaired) electrons. The molecule has 1 unspecified atom stereocenters. The lowest BCUT2D eigenvalue weighted by Gasteiger charge is -2.41. The molecule has 2 saturated heterocycles. The minimum atomic E-state index is -0.111. The molecular weight excluding hydrogens is 266 g/mol. The van der Waals surface area contributed by atoms with Gasteiger partial charge in [0.2, 0.25) is 0 Å². The van der Waals surface area contributed by atoms with Gasteiger partial charge >= 0.3 is 0 Å². The van der Waals surface area contributed by atoms with E-state index in [1.807, 2.05) is 4.68 Å². The van der Waals surface area contributed by atoms with Crippen LogP contribution >= 0.6 is 0 Å². The van der Waals surface area contributed by atoms with E-state index in [1.165, 1.54) is 12.8 Å². The summed E-state index contributed by atoms with van der Waals surface area (Å²) in [6, 6.07) is 0.653. The van der Waals surface area contributed by atoms with E-state index in [0.29, 0.717) is 6.04 Å². The van der Waals surface area contributed by atoms with Crippen molar-refractivity contribution < 1.29 is 5.11 Å². The summed E-state index contributed by atoms with van der Waals surface area (Å²) in [5, 5.41) is 14.1. The molecule has 1 aromatic rings. The molecule has 2 aliphatic rings. The Balaban J connectivity index is 1.48. The second-order valence-electron chi connectivity index (χ2n) is 6.29. The van der Waals surface area contributed by atoms with E-state index in [0.717, 1.165) is 57.9 Å². The standard InChI is InChI=1S/C15H27N5O/c1-2-20-15(16-12-17-20)11-18-8-5-13(6-9-18)19-7-3-4-14(21)10-19/h12-14,21H,2-11H2,1H3. The molecule has 0 spiro atoms. The smallest absolute Gasteiger partial charge is 0.140 e. The molecule has 0 saturated carbocycles. The van der Waals surface area contributed by atoms with Crippen molar-refractivity contribution in [3.63, 3.8) is 0 Å². The van der Waals surface area contributed by atoms with Gasteiger partial charge in [-0.05, 0) is 39.2 Å². The number of hydrogen-bond acceptors (Lipinski definition) is 5. The van der Waals surface area contributed by atoms with E-state index in [4.69, 9.17) is 0 Å². The molecule has 0 aliphatic carbocycles. The second-order valence-corrected chi connectivity index (χ2v) is 6.29. The summed E-state index contributed by atoms with van der Waals surface area (Å²) in [5.41, 5.74) is 0. The van der Waals surface area contributed by atoms with Crippen LogP contribution in [0.1, 0.15) is 38.4 Å². The highest BCUT2D eigenvalue weighted by molar-refractivity contribution is 4.88. The van der Waals surface area contributed by atoms with Gasteiger partial charge in [0.15, 0.2) is 0 Å². The van der Waals surface area contributed by atoms with Crippen LogP contribution in [0.15, 0.2) is 6.33 Å². The summed E-state index contributed by atoms with van der Waals surface area (Å²) in [4.78, 5) is 9.35. The minimum Gasteiger partial charge on any atom is -0.392 e. The zero-order chi connectivity index (χ0) is 14.7. The van der Waals surface area contributed by atoms with Gasteiger partial charge in [-0.25, -0.2) is 9.67 Å². The monoisotopic (exact) mass is 293 g/mol. The highest BCUT2D eigenvalue weighted by atomic mass is 16.3. The first-order chi connectivity index (χ1) is 10.3. The number of aliphatic hydroxyl groups excluding tert-OH is 1. The maximum absolute atomic E-state index is 9.82. The number of aliphatic hydroxyl groups is 1. The molecule has 1 N–H and O–H groups in total.